The van der Waals surface area contributed by atoms with Gasteiger partial charge in [-0.2, -0.15) is 0 Å². The van der Waals surface area contributed by atoms with Crippen molar-refractivity contribution in [2.75, 3.05) is 0 Å². The van der Waals surface area contributed by atoms with Crippen LogP contribution in [0.1, 0.15) is 22.6 Å². The molecule has 0 bridgehead atoms. The van der Waals surface area contributed by atoms with Crippen molar-refractivity contribution in [3.05, 3.63) is 34.9 Å². The van der Waals surface area contributed by atoms with E-state index in [1.165, 1.54) is 0 Å². The maximum atomic E-state index is 11.6. The number of amides is 2. The average molecular weight is 238 g/mol. The Morgan fingerprint density at radius 2 is 1.88 bits per heavy atom. The summed E-state index contributed by atoms with van der Waals surface area (Å²) in [6.07, 6.45) is 0. The Balaban J connectivity index is 2.48. The molecule has 0 radical (unpaired) electrons. The van der Waals surface area contributed by atoms with Gasteiger partial charge in [-0.25, -0.2) is 0 Å². The molecule has 0 saturated carbocycles. The number of carbonyl (C=O) groups excluding carboxylic acids is 2. The van der Waals surface area contributed by atoms with Crippen LogP contribution in [0.3, 0.4) is 0 Å². The first-order valence-corrected chi connectivity index (χ1v) is 5.50. The summed E-state index contributed by atoms with van der Waals surface area (Å²) in [6.45, 7) is 3.86. The molecular weight excluding hydrogens is 226 g/mol. The van der Waals surface area contributed by atoms with Crippen molar-refractivity contribution in [1.29, 1.82) is 0 Å². The van der Waals surface area contributed by atoms with Gasteiger partial charge in [-0.15, -0.1) is 11.6 Å². The van der Waals surface area contributed by atoms with Gasteiger partial charge < -0.3 is 0 Å². The standard InChI is InChI=1S/C12H12ClNO2/c1-6-3-4-7(2)8(5-6)9-10(13)12(16)14-11(9)15/h3-5,9-10H,1-2H3,(H,14,15,16). The lowest BCUT2D eigenvalue weighted by molar-refractivity contribution is -0.125. The Morgan fingerprint density at radius 3 is 2.44 bits per heavy atom. The Bertz CT molecular complexity index is 470. The molecule has 84 valence electrons. The predicted molar refractivity (Wildman–Crippen MR) is 61.4 cm³/mol. The van der Waals surface area contributed by atoms with Gasteiger partial charge in [0, 0.05) is 0 Å². The Hall–Kier alpha value is -1.35. The summed E-state index contributed by atoms with van der Waals surface area (Å²) in [5.74, 6) is -1.27. The van der Waals surface area contributed by atoms with Crippen molar-refractivity contribution in [2.45, 2.75) is 25.1 Å². The zero-order valence-electron chi connectivity index (χ0n) is 9.08. The highest BCUT2D eigenvalue weighted by molar-refractivity contribution is 6.37. The van der Waals surface area contributed by atoms with Crippen molar-refractivity contribution in [3.8, 4) is 0 Å². The quantitative estimate of drug-likeness (QED) is 0.596. The van der Waals surface area contributed by atoms with Gasteiger partial charge in [0.15, 0.2) is 0 Å². The highest BCUT2D eigenvalue weighted by Crippen LogP contribution is 2.31. The minimum absolute atomic E-state index is 0.307. The molecule has 0 aliphatic carbocycles. The normalized spacial score (nSPS) is 24.7. The Morgan fingerprint density at radius 1 is 1.19 bits per heavy atom. The van der Waals surface area contributed by atoms with E-state index < -0.39 is 17.2 Å². The zero-order chi connectivity index (χ0) is 11.9. The van der Waals surface area contributed by atoms with Crippen LogP contribution >= 0.6 is 11.6 Å². The molecule has 1 heterocycles. The fourth-order valence-electron chi connectivity index (χ4n) is 1.95. The second kappa shape index (κ2) is 3.91. The first-order chi connectivity index (χ1) is 7.50. The van der Waals surface area contributed by atoms with Gasteiger partial charge in [0.1, 0.15) is 5.38 Å². The maximum Gasteiger partial charge on any atom is 0.245 e. The van der Waals surface area contributed by atoms with E-state index in [1.54, 1.807) is 0 Å². The zero-order valence-corrected chi connectivity index (χ0v) is 9.84. The van der Waals surface area contributed by atoms with E-state index in [0.717, 1.165) is 16.7 Å². The van der Waals surface area contributed by atoms with E-state index in [4.69, 9.17) is 11.6 Å². The molecule has 1 fully saturated rings. The predicted octanol–water partition coefficient (Wildman–Crippen LogP) is 1.65. The van der Waals surface area contributed by atoms with Crippen LogP contribution in [0.15, 0.2) is 18.2 Å². The number of benzene rings is 1. The maximum absolute atomic E-state index is 11.6. The summed E-state index contributed by atoms with van der Waals surface area (Å²) in [5.41, 5.74) is 2.87. The molecule has 16 heavy (non-hydrogen) atoms. The summed E-state index contributed by atoms with van der Waals surface area (Å²) in [6, 6.07) is 5.81. The highest BCUT2D eigenvalue weighted by atomic mass is 35.5. The van der Waals surface area contributed by atoms with Crippen LogP contribution in [0.25, 0.3) is 0 Å². The molecule has 2 atom stereocenters. The van der Waals surface area contributed by atoms with Crippen LogP contribution in [0.5, 0.6) is 0 Å². The molecule has 1 aliphatic heterocycles. The largest absolute Gasteiger partial charge is 0.295 e. The molecule has 2 unspecified atom stereocenters. The fraction of sp³-hybridized carbons (Fsp3) is 0.333. The van der Waals surface area contributed by atoms with Crippen molar-refractivity contribution < 1.29 is 9.59 Å². The van der Waals surface area contributed by atoms with E-state index >= 15 is 0 Å². The van der Waals surface area contributed by atoms with E-state index in [-0.39, 0.29) is 5.91 Å². The number of aryl methyl sites for hydroxylation is 2. The number of hydrogen-bond donors (Lipinski definition) is 1. The van der Waals surface area contributed by atoms with Crippen molar-refractivity contribution in [1.82, 2.24) is 5.32 Å². The lowest BCUT2D eigenvalue weighted by Gasteiger charge is -2.13. The first kappa shape index (κ1) is 11.1. The number of nitrogens with one attached hydrogen (secondary N) is 1. The summed E-state index contributed by atoms with van der Waals surface area (Å²) >= 11 is 5.95. The second-order valence-corrected chi connectivity index (χ2v) is 4.56. The highest BCUT2D eigenvalue weighted by Gasteiger charge is 2.41. The van der Waals surface area contributed by atoms with Crippen LogP contribution in [-0.4, -0.2) is 17.2 Å². The minimum atomic E-state index is -0.798. The van der Waals surface area contributed by atoms with Crippen LogP contribution in [0, 0.1) is 13.8 Å². The van der Waals surface area contributed by atoms with Gasteiger partial charge in [-0.1, -0.05) is 23.8 Å². The molecule has 0 spiro atoms. The summed E-state index contributed by atoms with van der Waals surface area (Å²) < 4.78 is 0. The number of imide groups is 1. The van der Waals surface area contributed by atoms with Crippen LogP contribution in [0.2, 0.25) is 0 Å². The SMILES string of the molecule is Cc1ccc(C)c(C2C(=O)NC(=O)C2Cl)c1. The molecule has 2 amide bonds. The molecular formula is C12H12ClNO2. The lowest BCUT2D eigenvalue weighted by atomic mass is 9.92. The fourth-order valence-corrected chi connectivity index (χ4v) is 2.25. The Labute approximate surface area is 98.8 Å². The third-order valence-corrected chi connectivity index (χ3v) is 3.29. The molecule has 1 aromatic rings. The Kier molecular flexibility index (Phi) is 2.72. The van der Waals surface area contributed by atoms with Gasteiger partial charge in [-0.05, 0) is 25.0 Å². The van der Waals surface area contributed by atoms with E-state index in [2.05, 4.69) is 5.32 Å². The molecule has 1 N–H and O–H groups in total. The van der Waals surface area contributed by atoms with Crippen LogP contribution in [-0.2, 0) is 9.59 Å². The molecule has 2 rings (SSSR count). The topological polar surface area (TPSA) is 46.2 Å². The smallest absolute Gasteiger partial charge is 0.245 e. The van der Waals surface area contributed by atoms with Gasteiger partial charge in [0.25, 0.3) is 0 Å². The van der Waals surface area contributed by atoms with Crippen molar-refractivity contribution in [2.24, 2.45) is 0 Å². The molecule has 3 nitrogen and oxygen atoms in total. The summed E-state index contributed by atoms with van der Waals surface area (Å²) in [7, 11) is 0. The van der Waals surface area contributed by atoms with Gasteiger partial charge >= 0.3 is 0 Å². The van der Waals surface area contributed by atoms with Gasteiger partial charge in [0.05, 0.1) is 5.92 Å². The summed E-state index contributed by atoms with van der Waals surface area (Å²) in [4.78, 5) is 22.9. The van der Waals surface area contributed by atoms with Gasteiger partial charge in [0.2, 0.25) is 11.8 Å². The van der Waals surface area contributed by atoms with Gasteiger partial charge in [-0.3, -0.25) is 14.9 Å². The molecule has 0 aromatic heterocycles. The number of rotatable bonds is 1. The second-order valence-electron chi connectivity index (χ2n) is 4.09. The molecule has 1 aromatic carbocycles. The third kappa shape index (κ3) is 1.71. The molecule has 1 aliphatic rings. The minimum Gasteiger partial charge on any atom is -0.295 e. The monoisotopic (exact) mass is 237 g/mol. The van der Waals surface area contributed by atoms with Crippen LogP contribution in [0.4, 0.5) is 0 Å². The average Bonchev–Trinajstić information content (AvgIpc) is 2.46. The number of hydrogen-bond acceptors (Lipinski definition) is 2. The number of carbonyl (C=O) groups is 2. The number of alkyl halides is 1. The van der Waals surface area contributed by atoms with E-state index in [9.17, 15) is 9.59 Å². The van der Waals surface area contributed by atoms with E-state index in [0.29, 0.717) is 0 Å². The van der Waals surface area contributed by atoms with Crippen molar-refractivity contribution in [3.63, 3.8) is 0 Å². The number of halogens is 1. The summed E-state index contributed by atoms with van der Waals surface area (Å²) in [5, 5.41) is 1.45. The molecule has 4 heteroatoms. The van der Waals surface area contributed by atoms with Crippen LogP contribution < -0.4 is 5.32 Å². The van der Waals surface area contributed by atoms with E-state index in [1.807, 2.05) is 32.0 Å². The third-order valence-electron chi connectivity index (χ3n) is 2.84. The lowest BCUT2D eigenvalue weighted by Crippen LogP contribution is -2.22. The molecule has 1 saturated heterocycles. The first-order valence-electron chi connectivity index (χ1n) is 5.06. The van der Waals surface area contributed by atoms with Crippen molar-refractivity contribution >= 4 is 23.4 Å².